The van der Waals surface area contributed by atoms with Crippen LogP contribution in [0.5, 0.6) is 40.2 Å². The number of unbranched alkanes of at least 4 members (excludes halogenated alkanes) is 2. The van der Waals surface area contributed by atoms with E-state index in [-0.39, 0.29) is 93.3 Å². The molecule has 18 heteroatoms. The van der Waals surface area contributed by atoms with Gasteiger partial charge in [0.15, 0.2) is 29.1 Å². The van der Waals surface area contributed by atoms with Gasteiger partial charge in [-0.25, -0.2) is 22.3 Å². The van der Waals surface area contributed by atoms with Crippen molar-refractivity contribution < 1.29 is 65.6 Å². The average molecular weight is 1370 g/mol. The van der Waals surface area contributed by atoms with Crippen LogP contribution < -0.4 is 33.2 Å². The highest BCUT2D eigenvalue weighted by atomic mass is 32.2. The third-order valence-corrected chi connectivity index (χ3v) is 18.6. The van der Waals surface area contributed by atoms with Gasteiger partial charge in [-0.15, -0.1) is 0 Å². The zero-order valence-electron chi connectivity index (χ0n) is 55.3. The Morgan fingerprint density at radius 3 is 1.26 bits per heavy atom. The summed E-state index contributed by atoms with van der Waals surface area (Å²) in [5.74, 6) is 1.73. The smallest absolute Gasteiger partial charge is 0.424 e. The van der Waals surface area contributed by atoms with Crippen LogP contribution in [0.15, 0.2) is 284 Å². The molecule has 0 aliphatic carbocycles. The molecule has 1 aliphatic heterocycles. The monoisotopic (exact) mass is 1370 g/mol. The molecular weight excluding hydrogens is 1300 g/mol. The van der Waals surface area contributed by atoms with Gasteiger partial charge in [-0.2, -0.15) is 0 Å². The number of nitro groups is 1. The van der Waals surface area contributed by atoms with Gasteiger partial charge in [-0.3, -0.25) is 10.1 Å². The Hall–Kier alpha value is -11.9. The first-order chi connectivity index (χ1) is 49.4. The van der Waals surface area contributed by atoms with Crippen LogP contribution >= 0.6 is 0 Å². The van der Waals surface area contributed by atoms with Crippen LogP contribution in [0.1, 0.15) is 91.4 Å². The van der Waals surface area contributed by atoms with E-state index in [0.717, 1.165) is 68.8 Å². The van der Waals surface area contributed by atoms with E-state index < -0.39 is 39.2 Å². The summed E-state index contributed by atoms with van der Waals surface area (Å²) in [6.07, 6.45) is -0.996. The minimum atomic E-state index is -4.50. The first-order valence-corrected chi connectivity index (χ1v) is 34.7. The number of fused-ring (bicyclic) bond motifs is 1. The number of aryl methyl sites for hydroxylation is 1. The fourth-order valence-electron chi connectivity index (χ4n) is 11.5. The lowest BCUT2D eigenvalue weighted by molar-refractivity contribution is -0.384. The van der Waals surface area contributed by atoms with Crippen molar-refractivity contribution in [1.82, 2.24) is 4.31 Å². The molecule has 0 aromatic heterocycles. The molecule has 0 saturated carbocycles. The SMILES string of the molecule is O=C(O[C@@H]1Cc2cc(CCCCCN(C(=O)OCc3ccccc3)S(=O)(=O)c3ccc([N+](=O)[O-])cc3)ccc2O[C@@H]1c1cc(OCc2ccccc2)c(OCc2ccccc2)c(OCc2ccccc2)c1)c1cc(OCc2ccccc2)c(OCc2ccccc2)c(OCc2ccccc2)c1. The van der Waals surface area contributed by atoms with Gasteiger partial charge in [0.1, 0.15) is 58.1 Å². The van der Waals surface area contributed by atoms with Crippen LogP contribution in [0.3, 0.4) is 0 Å². The molecule has 0 fully saturated rings. The van der Waals surface area contributed by atoms with Crippen LogP contribution in [0, 0.1) is 10.1 Å². The molecule has 12 rings (SSSR count). The second kappa shape index (κ2) is 34.1. The van der Waals surface area contributed by atoms with Crippen molar-refractivity contribution in [2.24, 2.45) is 0 Å². The standard InChI is InChI=1S/C83H74N2O15S/c86-82(70-51-76(94-55-63-30-13-3-14-31-63)81(97-58-66-36-19-6-20-37-66)77(52-70)95-56-64-32-15-4-16-33-64)100-78-48-68-47-60(25-23-8-24-46-84(83(87)98-59-67-38-21-7-22-39-67)101(90,91)72-43-41-71(42-44-72)85(88)89)40-45-73(68)99-79(78)69-49-74(92-53-61-26-9-1-10-27-61)80(96-57-65-34-17-5-18-35-65)75(50-69)93-54-62-28-11-2-12-29-62/h1-7,9-22,26-45,47,49-52,78-79H,8,23-25,46,48,53-59H2/t78-,79-/m1/s1. The first-order valence-electron chi connectivity index (χ1n) is 33.3. The quantitative estimate of drug-likeness (QED) is 0.0167. The molecule has 11 aromatic carbocycles. The van der Waals surface area contributed by atoms with Crippen LogP contribution in [-0.4, -0.2) is 42.4 Å². The third-order valence-electron chi connectivity index (χ3n) is 16.8. The zero-order valence-corrected chi connectivity index (χ0v) is 56.1. The fraction of sp³-hybridized carbons (Fsp3) is 0.181. The van der Waals surface area contributed by atoms with Gasteiger partial charge in [0.25, 0.3) is 15.7 Å². The second-order valence-corrected chi connectivity index (χ2v) is 26.0. The number of esters is 1. The van der Waals surface area contributed by atoms with E-state index in [1.54, 1.807) is 36.4 Å². The highest BCUT2D eigenvalue weighted by molar-refractivity contribution is 7.89. The van der Waals surface area contributed by atoms with Gasteiger partial charge in [0.05, 0.1) is 15.4 Å². The number of carbonyl (C=O) groups is 2. The van der Waals surface area contributed by atoms with Crippen molar-refractivity contribution in [2.45, 2.75) is 95.5 Å². The van der Waals surface area contributed by atoms with E-state index >= 15 is 4.79 Å². The summed E-state index contributed by atoms with van der Waals surface area (Å²) >= 11 is 0. The number of nitro benzene ring substituents is 1. The molecule has 0 bridgehead atoms. The molecule has 1 heterocycles. The minimum Gasteiger partial charge on any atom is -0.485 e. The normalized spacial score (nSPS) is 13.1. The molecular formula is C83H74N2O15S. The minimum absolute atomic E-state index is 0.119. The summed E-state index contributed by atoms with van der Waals surface area (Å²) < 4.78 is 88.5. The maximum Gasteiger partial charge on any atom is 0.424 e. The number of hydrogen-bond acceptors (Lipinski definition) is 15. The molecule has 1 aliphatic rings. The molecule has 1 amide bonds. The summed E-state index contributed by atoms with van der Waals surface area (Å²) in [6, 6.07) is 84.5. The number of hydrogen-bond donors (Lipinski definition) is 0. The molecule has 0 N–H and O–H groups in total. The Morgan fingerprint density at radius 2 is 0.842 bits per heavy atom. The Balaban J connectivity index is 0.876. The molecule has 512 valence electrons. The van der Waals surface area contributed by atoms with Crippen molar-refractivity contribution in [3.63, 3.8) is 0 Å². The number of ether oxygens (including phenoxy) is 9. The lowest BCUT2D eigenvalue weighted by atomic mass is 9.92. The molecule has 2 atom stereocenters. The van der Waals surface area contributed by atoms with E-state index in [9.17, 15) is 23.3 Å². The van der Waals surface area contributed by atoms with Crippen molar-refractivity contribution in [1.29, 1.82) is 0 Å². The van der Waals surface area contributed by atoms with E-state index in [4.69, 9.17) is 42.6 Å². The molecule has 0 saturated heterocycles. The fourth-order valence-corrected chi connectivity index (χ4v) is 12.8. The van der Waals surface area contributed by atoms with E-state index in [0.29, 0.717) is 63.4 Å². The molecule has 17 nitrogen and oxygen atoms in total. The number of non-ortho nitro benzene ring substituents is 1. The number of sulfonamides is 1. The Labute approximate surface area is 587 Å². The second-order valence-electron chi connectivity index (χ2n) is 24.1. The number of nitrogens with zero attached hydrogens (tertiary/aromatic N) is 2. The van der Waals surface area contributed by atoms with Crippen molar-refractivity contribution >= 4 is 27.8 Å². The van der Waals surface area contributed by atoms with Gasteiger partial charge in [0.2, 0.25) is 11.5 Å². The average Bonchev–Trinajstić information content (AvgIpc) is 0.778. The predicted octanol–water partition coefficient (Wildman–Crippen LogP) is 17.7. The van der Waals surface area contributed by atoms with Crippen LogP contribution in [0.25, 0.3) is 0 Å². The number of amides is 1. The van der Waals surface area contributed by atoms with Gasteiger partial charge in [-0.1, -0.05) is 231 Å². The first kappa shape index (κ1) is 69.0. The maximum absolute atomic E-state index is 15.5. The summed E-state index contributed by atoms with van der Waals surface area (Å²) in [5.41, 5.74) is 8.13. The van der Waals surface area contributed by atoms with Crippen LogP contribution in [0.2, 0.25) is 0 Å². The summed E-state index contributed by atoms with van der Waals surface area (Å²) in [7, 11) is -4.50. The number of carbonyl (C=O) groups excluding carboxylic acids is 2. The third kappa shape index (κ3) is 18.9. The maximum atomic E-state index is 15.5. The van der Waals surface area contributed by atoms with Gasteiger partial charge in [0, 0.05) is 30.7 Å². The van der Waals surface area contributed by atoms with E-state index in [1.165, 1.54) is 0 Å². The lowest BCUT2D eigenvalue weighted by Crippen LogP contribution is -2.38. The van der Waals surface area contributed by atoms with E-state index in [2.05, 4.69) is 0 Å². The van der Waals surface area contributed by atoms with E-state index in [1.807, 2.05) is 218 Å². The molecule has 0 radical (unpaired) electrons. The molecule has 101 heavy (non-hydrogen) atoms. The van der Waals surface area contributed by atoms with Crippen LogP contribution in [0.4, 0.5) is 10.5 Å². The summed E-state index contributed by atoms with van der Waals surface area (Å²) in [6.45, 7) is 0.596. The molecule has 0 unspecified atom stereocenters. The largest absolute Gasteiger partial charge is 0.485 e. The van der Waals surface area contributed by atoms with Crippen molar-refractivity contribution in [3.05, 3.63) is 350 Å². The summed E-state index contributed by atoms with van der Waals surface area (Å²) in [4.78, 5) is 39.8. The lowest BCUT2D eigenvalue weighted by Gasteiger charge is -2.34. The van der Waals surface area contributed by atoms with Crippen molar-refractivity contribution in [2.75, 3.05) is 6.54 Å². The topological polar surface area (TPSA) is 198 Å². The Bertz CT molecular complexity index is 4510. The molecule has 0 spiro atoms. The highest BCUT2D eigenvalue weighted by Gasteiger charge is 2.38. The van der Waals surface area contributed by atoms with Crippen LogP contribution in [-0.2, 0) is 78.6 Å². The van der Waals surface area contributed by atoms with Gasteiger partial charge in [-0.05, 0) is 112 Å². The van der Waals surface area contributed by atoms with Crippen molar-refractivity contribution in [3.8, 4) is 40.2 Å². The predicted molar refractivity (Wildman–Crippen MR) is 381 cm³/mol. The number of rotatable bonds is 32. The van der Waals surface area contributed by atoms with Gasteiger partial charge >= 0.3 is 12.1 Å². The Kier molecular flexibility index (Phi) is 23.3. The van der Waals surface area contributed by atoms with Gasteiger partial charge < -0.3 is 42.6 Å². The summed E-state index contributed by atoms with van der Waals surface area (Å²) in [5, 5.41) is 11.5. The Morgan fingerprint density at radius 1 is 0.446 bits per heavy atom. The number of benzene rings is 11. The molecule has 11 aromatic rings. The zero-order chi connectivity index (χ0) is 69.6. The highest BCUT2D eigenvalue weighted by Crippen LogP contribution is 2.47.